The van der Waals surface area contributed by atoms with Gasteiger partial charge < -0.3 is 5.11 Å². The Morgan fingerprint density at radius 2 is 1.79 bits per heavy atom. The second-order valence-corrected chi connectivity index (χ2v) is 5.22. The van der Waals surface area contributed by atoms with Crippen molar-refractivity contribution in [2.75, 3.05) is 0 Å². The van der Waals surface area contributed by atoms with Gasteiger partial charge in [-0.3, -0.25) is 4.79 Å². The molecular formula is C17H16O2. The van der Waals surface area contributed by atoms with Crippen molar-refractivity contribution in [3.8, 4) is 11.1 Å². The first-order valence-electron chi connectivity index (χ1n) is 6.55. The molecule has 1 aliphatic carbocycles. The number of aliphatic carboxylic acids is 1. The fourth-order valence-electron chi connectivity index (χ4n) is 2.64. The zero-order valence-corrected chi connectivity index (χ0v) is 10.8. The molecule has 1 saturated carbocycles. The summed E-state index contributed by atoms with van der Waals surface area (Å²) in [4.78, 5) is 10.9. The molecule has 1 N–H and O–H groups in total. The number of carbonyl (C=O) groups is 1. The molecule has 0 aliphatic heterocycles. The predicted octanol–water partition coefficient (Wildman–Crippen LogP) is 3.85. The predicted molar refractivity (Wildman–Crippen MR) is 75.1 cm³/mol. The minimum atomic E-state index is -0.673. The lowest BCUT2D eigenvalue weighted by Crippen LogP contribution is -1.98. The second kappa shape index (κ2) is 4.54. The van der Waals surface area contributed by atoms with E-state index in [9.17, 15) is 4.79 Å². The Hall–Kier alpha value is -2.09. The lowest BCUT2D eigenvalue weighted by atomic mass is 9.98. The highest BCUT2D eigenvalue weighted by Gasteiger charge is 2.43. The Bertz CT molecular complexity index is 613. The highest BCUT2D eigenvalue weighted by molar-refractivity contribution is 5.75. The summed E-state index contributed by atoms with van der Waals surface area (Å²) in [7, 11) is 0. The van der Waals surface area contributed by atoms with E-state index in [1.807, 2.05) is 12.1 Å². The number of aryl methyl sites for hydroxylation is 1. The maximum atomic E-state index is 10.9. The Kier molecular flexibility index (Phi) is 2.86. The van der Waals surface area contributed by atoms with Crippen LogP contribution in [0, 0.1) is 12.8 Å². The van der Waals surface area contributed by atoms with Crippen LogP contribution in [-0.4, -0.2) is 11.1 Å². The van der Waals surface area contributed by atoms with Crippen molar-refractivity contribution >= 4 is 5.97 Å². The van der Waals surface area contributed by atoms with E-state index in [1.54, 1.807) is 0 Å². The summed E-state index contributed by atoms with van der Waals surface area (Å²) >= 11 is 0. The van der Waals surface area contributed by atoms with Crippen LogP contribution in [0.4, 0.5) is 0 Å². The maximum Gasteiger partial charge on any atom is 0.307 e. The molecule has 0 radical (unpaired) electrons. The summed E-state index contributed by atoms with van der Waals surface area (Å²) in [6.07, 6.45) is 0.777. The van der Waals surface area contributed by atoms with E-state index < -0.39 is 5.97 Å². The van der Waals surface area contributed by atoms with Gasteiger partial charge in [0, 0.05) is 0 Å². The van der Waals surface area contributed by atoms with Gasteiger partial charge in [-0.2, -0.15) is 0 Å². The monoisotopic (exact) mass is 252 g/mol. The van der Waals surface area contributed by atoms with Crippen LogP contribution in [0.3, 0.4) is 0 Å². The zero-order valence-electron chi connectivity index (χ0n) is 10.8. The lowest BCUT2D eigenvalue weighted by molar-refractivity contribution is -0.138. The summed E-state index contributed by atoms with van der Waals surface area (Å²) in [5.41, 5.74) is 4.82. The first-order valence-corrected chi connectivity index (χ1v) is 6.55. The van der Waals surface area contributed by atoms with Gasteiger partial charge in [-0.1, -0.05) is 48.5 Å². The van der Waals surface area contributed by atoms with Crippen molar-refractivity contribution in [1.82, 2.24) is 0 Å². The highest BCUT2D eigenvalue weighted by Crippen LogP contribution is 2.47. The molecular weight excluding hydrogens is 236 g/mol. The Labute approximate surface area is 112 Å². The van der Waals surface area contributed by atoms with Gasteiger partial charge in [0.05, 0.1) is 5.92 Å². The minimum absolute atomic E-state index is 0.177. The standard InChI is InChI=1S/C17H16O2/c1-11-4-2-3-5-14(11)12-6-8-13(9-7-12)15-10-16(15)17(18)19/h2-9,15-16H,10H2,1H3,(H,18,19). The molecule has 3 rings (SSSR count). The largest absolute Gasteiger partial charge is 0.481 e. The summed E-state index contributed by atoms with van der Waals surface area (Å²) < 4.78 is 0. The molecule has 2 atom stereocenters. The first kappa shape index (κ1) is 12.0. The molecule has 1 aliphatic rings. The molecule has 0 spiro atoms. The van der Waals surface area contributed by atoms with Gasteiger partial charge >= 0.3 is 5.97 Å². The van der Waals surface area contributed by atoms with Gasteiger partial charge in [0.25, 0.3) is 0 Å². The van der Waals surface area contributed by atoms with E-state index in [-0.39, 0.29) is 11.8 Å². The molecule has 0 bridgehead atoms. The molecule has 2 heteroatoms. The molecule has 19 heavy (non-hydrogen) atoms. The number of hydrogen-bond donors (Lipinski definition) is 1. The molecule has 2 nitrogen and oxygen atoms in total. The third-order valence-corrected chi connectivity index (χ3v) is 3.90. The summed E-state index contributed by atoms with van der Waals surface area (Å²) in [5.74, 6) is -0.638. The lowest BCUT2D eigenvalue weighted by Gasteiger charge is -2.07. The van der Waals surface area contributed by atoms with Crippen LogP contribution in [0.1, 0.15) is 23.5 Å². The number of hydrogen-bond acceptors (Lipinski definition) is 1. The molecule has 0 heterocycles. The third-order valence-electron chi connectivity index (χ3n) is 3.90. The van der Waals surface area contributed by atoms with Crippen LogP contribution in [0.25, 0.3) is 11.1 Å². The maximum absolute atomic E-state index is 10.9. The fourth-order valence-corrected chi connectivity index (χ4v) is 2.64. The molecule has 96 valence electrons. The average Bonchev–Trinajstić information content (AvgIpc) is 3.20. The van der Waals surface area contributed by atoms with Crippen molar-refractivity contribution in [3.05, 3.63) is 59.7 Å². The smallest absolute Gasteiger partial charge is 0.307 e. The van der Waals surface area contributed by atoms with Crippen molar-refractivity contribution < 1.29 is 9.90 Å². The molecule has 0 amide bonds. The van der Waals surface area contributed by atoms with Gasteiger partial charge in [0.15, 0.2) is 0 Å². The van der Waals surface area contributed by atoms with Gasteiger partial charge in [-0.25, -0.2) is 0 Å². The van der Waals surface area contributed by atoms with Crippen LogP contribution >= 0.6 is 0 Å². The van der Waals surface area contributed by atoms with E-state index in [4.69, 9.17) is 5.11 Å². The van der Waals surface area contributed by atoms with Crippen LogP contribution in [0.15, 0.2) is 48.5 Å². The molecule has 2 aromatic carbocycles. The molecule has 2 aromatic rings. The molecule has 1 fully saturated rings. The Morgan fingerprint density at radius 3 is 2.37 bits per heavy atom. The van der Waals surface area contributed by atoms with Crippen LogP contribution < -0.4 is 0 Å². The number of carboxylic acids is 1. The van der Waals surface area contributed by atoms with Gasteiger partial charge in [-0.05, 0) is 41.5 Å². The van der Waals surface area contributed by atoms with E-state index >= 15 is 0 Å². The topological polar surface area (TPSA) is 37.3 Å². The minimum Gasteiger partial charge on any atom is -0.481 e. The first-order chi connectivity index (χ1) is 9.16. The highest BCUT2D eigenvalue weighted by atomic mass is 16.4. The second-order valence-electron chi connectivity index (χ2n) is 5.22. The van der Waals surface area contributed by atoms with Crippen LogP contribution in [0.2, 0.25) is 0 Å². The van der Waals surface area contributed by atoms with Crippen molar-refractivity contribution in [1.29, 1.82) is 0 Å². The van der Waals surface area contributed by atoms with E-state index in [0.717, 1.165) is 12.0 Å². The number of benzene rings is 2. The quantitative estimate of drug-likeness (QED) is 0.900. The number of carboxylic acid groups (broad SMARTS) is 1. The van der Waals surface area contributed by atoms with Crippen molar-refractivity contribution in [2.24, 2.45) is 5.92 Å². The Morgan fingerprint density at radius 1 is 1.11 bits per heavy atom. The van der Waals surface area contributed by atoms with Crippen LogP contribution in [-0.2, 0) is 4.79 Å². The fraction of sp³-hybridized carbons (Fsp3) is 0.235. The average molecular weight is 252 g/mol. The normalized spacial score (nSPS) is 21.1. The zero-order chi connectivity index (χ0) is 13.4. The van der Waals surface area contributed by atoms with E-state index in [0.29, 0.717) is 0 Å². The summed E-state index contributed by atoms with van der Waals surface area (Å²) in [5, 5.41) is 8.95. The third kappa shape index (κ3) is 2.26. The van der Waals surface area contributed by atoms with Crippen molar-refractivity contribution in [2.45, 2.75) is 19.3 Å². The van der Waals surface area contributed by atoms with Crippen LogP contribution in [0.5, 0.6) is 0 Å². The van der Waals surface area contributed by atoms with E-state index in [2.05, 4.69) is 43.3 Å². The molecule has 0 saturated heterocycles. The Balaban J connectivity index is 1.84. The van der Waals surface area contributed by atoms with E-state index in [1.165, 1.54) is 16.7 Å². The number of rotatable bonds is 3. The van der Waals surface area contributed by atoms with Crippen molar-refractivity contribution in [3.63, 3.8) is 0 Å². The SMILES string of the molecule is Cc1ccccc1-c1ccc(C2CC2C(=O)O)cc1. The van der Waals surface area contributed by atoms with Gasteiger partial charge in [0.2, 0.25) is 0 Å². The van der Waals surface area contributed by atoms with Gasteiger partial charge in [0.1, 0.15) is 0 Å². The molecule has 2 unspecified atom stereocenters. The summed E-state index contributed by atoms with van der Waals surface area (Å²) in [6.45, 7) is 2.10. The summed E-state index contributed by atoms with van der Waals surface area (Å²) in [6, 6.07) is 16.6. The van der Waals surface area contributed by atoms with Gasteiger partial charge in [-0.15, -0.1) is 0 Å². The molecule has 0 aromatic heterocycles.